The molecule has 1 aliphatic rings. The van der Waals surface area contributed by atoms with Crippen molar-refractivity contribution in [2.24, 2.45) is 5.92 Å². The molecule has 0 spiro atoms. The number of nitrogens with one attached hydrogen (secondary N) is 2. The van der Waals surface area contributed by atoms with E-state index < -0.39 is 29.8 Å². The van der Waals surface area contributed by atoms with Crippen LogP contribution in [0.4, 0.5) is 38.2 Å². The third kappa shape index (κ3) is 7.27. The van der Waals surface area contributed by atoms with Gasteiger partial charge >= 0.3 is 12.5 Å². The summed E-state index contributed by atoms with van der Waals surface area (Å²) in [4.78, 5) is 27.5. The number of anilines is 2. The predicted molar refractivity (Wildman–Crippen MR) is 130 cm³/mol. The maximum Gasteiger partial charge on any atom is 0.573 e. The minimum atomic E-state index is -4.85. The fourth-order valence-corrected chi connectivity index (χ4v) is 4.20. The quantitative estimate of drug-likeness (QED) is 0.396. The molecule has 4 rings (SSSR count). The summed E-state index contributed by atoms with van der Waals surface area (Å²) < 4.78 is 81.5. The van der Waals surface area contributed by atoms with Crippen LogP contribution in [0.1, 0.15) is 24.0 Å². The summed E-state index contributed by atoms with van der Waals surface area (Å²) in [5.41, 5.74) is -0.523. The summed E-state index contributed by atoms with van der Waals surface area (Å²) in [6.45, 7) is 0.510. The van der Waals surface area contributed by atoms with E-state index in [9.17, 15) is 31.1 Å². The average Bonchev–Trinajstić information content (AvgIpc) is 2.90. The van der Waals surface area contributed by atoms with E-state index in [4.69, 9.17) is 0 Å². The minimum absolute atomic E-state index is 0.0159. The number of halogens is 6. The van der Waals surface area contributed by atoms with Gasteiger partial charge in [-0.15, -0.1) is 13.2 Å². The molecule has 0 unspecified atom stereocenters. The predicted octanol–water partition coefficient (Wildman–Crippen LogP) is 5.03. The molecule has 0 aliphatic carbocycles. The summed E-state index contributed by atoms with van der Waals surface area (Å²) in [6, 6.07) is 10.3. The zero-order valence-electron chi connectivity index (χ0n) is 20.6. The van der Waals surface area contributed by atoms with Crippen LogP contribution >= 0.6 is 0 Å². The molecular formula is C25H24F6N6O2. The molecule has 14 heteroatoms. The van der Waals surface area contributed by atoms with Gasteiger partial charge in [-0.3, -0.25) is 4.79 Å². The Bertz CT molecular complexity index is 1310. The number of carbonyl (C=O) groups is 1. The Balaban J connectivity index is 1.42. The summed E-state index contributed by atoms with van der Waals surface area (Å²) >= 11 is 0. The van der Waals surface area contributed by atoms with E-state index in [-0.39, 0.29) is 41.3 Å². The van der Waals surface area contributed by atoms with E-state index in [1.54, 1.807) is 7.05 Å². The highest BCUT2D eigenvalue weighted by atomic mass is 19.4. The van der Waals surface area contributed by atoms with E-state index in [1.807, 2.05) is 4.90 Å². The molecule has 1 aromatic heterocycles. The van der Waals surface area contributed by atoms with Gasteiger partial charge in [0.1, 0.15) is 5.75 Å². The van der Waals surface area contributed by atoms with Gasteiger partial charge < -0.3 is 20.3 Å². The fourth-order valence-electron chi connectivity index (χ4n) is 4.20. The second-order valence-electron chi connectivity index (χ2n) is 8.74. The number of piperidine rings is 1. The number of amides is 1. The molecule has 2 aromatic carbocycles. The average molecular weight is 554 g/mol. The topological polar surface area (TPSA) is 92.3 Å². The van der Waals surface area contributed by atoms with E-state index in [1.165, 1.54) is 36.4 Å². The first-order chi connectivity index (χ1) is 18.4. The van der Waals surface area contributed by atoms with E-state index in [0.29, 0.717) is 25.9 Å². The summed E-state index contributed by atoms with van der Waals surface area (Å²) in [7, 11) is 1.58. The number of ether oxygens (including phenoxy) is 1. The Morgan fingerprint density at radius 2 is 1.72 bits per heavy atom. The van der Waals surface area contributed by atoms with Gasteiger partial charge in [0.05, 0.1) is 5.56 Å². The number of hydrogen-bond acceptors (Lipinski definition) is 7. The van der Waals surface area contributed by atoms with Crippen LogP contribution in [0.3, 0.4) is 0 Å². The molecule has 208 valence electrons. The zero-order valence-corrected chi connectivity index (χ0v) is 20.6. The van der Waals surface area contributed by atoms with Crippen LogP contribution in [-0.4, -0.2) is 47.4 Å². The lowest BCUT2D eigenvalue weighted by atomic mass is 9.96. The second-order valence-corrected chi connectivity index (χ2v) is 8.74. The Kier molecular flexibility index (Phi) is 8.11. The fraction of sp³-hybridized carbons (Fsp3) is 0.360. The number of hydrogen-bond donors (Lipinski definition) is 2. The van der Waals surface area contributed by atoms with Gasteiger partial charge in [0.15, 0.2) is 5.82 Å². The smallest absolute Gasteiger partial charge is 0.406 e. The molecular weight excluding hydrogens is 530 g/mol. The van der Waals surface area contributed by atoms with Crippen LogP contribution in [0.5, 0.6) is 5.75 Å². The normalized spacial score (nSPS) is 14.7. The van der Waals surface area contributed by atoms with Gasteiger partial charge in [-0.05, 0) is 36.6 Å². The molecule has 0 bridgehead atoms. The number of rotatable bonds is 7. The number of aromatic nitrogens is 3. The van der Waals surface area contributed by atoms with Crippen molar-refractivity contribution in [2.75, 3.05) is 30.4 Å². The molecule has 1 saturated heterocycles. The van der Waals surface area contributed by atoms with E-state index in [2.05, 4.69) is 30.3 Å². The van der Waals surface area contributed by atoms with Crippen LogP contribution in [0.15, 0.2) is 48.5 Å². The molecule has 2 N–H and O–H groups in total. The van der Waals surface area contributed by atoms with E-state index >= 15 is 0 Å². The maximum atomic E-state index is 13.2. The molecule has 8 nitrogen and oxygen atoms in total. The van der Waals surface area contributed by atoms with Crippen LogP contribution in [0, 0.1) is 5.92 Å². The second kappa shape index (κ2) is 11.3. The summed E-state index contributed by atoms with van der Waals surface area (Å²) in [5.74, 6) is -0.594. The monoisotopic (exact) mass is 554 g/mol. The molecule has 3 aromatic rings. The molecule has 2 heterocycles. The number of carbonyl (C=O) groups excluding carboxylic acids is 1. The highest BCUT2D eigenvalue weighted by Gasteiger charge is 2.34. The van der Waals surface area contributed by atoms with Crippen molar-refractivity contribution in [1.29, 1.82) is 0 Å². The first kappa shape index (κ1) is 27.9. The molecule has 39 heavy (non-hydrogen) atoms. The summed E-state index contributed by atoms with van der Waals surface area (Å²) in [5, 5.41) is 5.40. The van der Waals surface area contributed by atoms with Crippen LogP contribution < -0.4 is 20.3 Å². The zero-order chi connectivity index (χ0) is 28.2. The lowest BCUT2D eigenvalue weighted by molar-refractivity contribution is -0.274. The first-order valence-corrected chi connectivity index (χ1v) is 11.9. The number of alkyl halides is 6. The van der Waals surface area contributed by atoms with Crippen molar-refractivity contribution in [3.05, 3.63) is 59.7 Å². The Morgan fingerprint density at radius 1 is 1.00 bits per heavy atom. The van der Waals surface area contributed by atoms with Crippen molar-refractivity contribution in [3.63, 3.8) is 0 Å². The lowest BCUT2D eigenvalue weighted by Crippen LogP contribution is -2.41. The largest absolute Gasteiger partial charge is 0.573 e. The van der Waals surface area contributed by atoms with Gasteiger partial charge in [-0.25, -0.2) is 0 Å². The number of nitrogens with zero attached hydrogens (tertiary/aromatic N) is 4. The maximum absolute atomic E-state index is 13.2. The Labute approximate surface area is 219 Å². The molecule has 0 saturated carbocycles. The minimum Gasteiger partial charge on any atom is -0.406 e. The lowest BCUT2D eigenvalue weighted by Gasteiger charge is -2.31. The SMILES string of the molecule is CNc1nc(-c2cccc(OC(F)(F)F)c2)nc(N2CCC(C(=O)NCc3ccccc3C(F)(F)F)CC2)n1. The molecule has 1 fully saturated rings. The Morgan fingerprint density at radius 3 is 2.38 bits per heavy atom. The van der Waals surface area contributed by atoms with Crippen LogP contribution in [0.2, 0.25) is 0 Å². The van der Waals surface area contributed by atoms with Gasteiger partial charge in [-0.2, -0.15) is 28.1 Å². The number of benzene rings is 2. The van der Waals surface area contributed by atoms with Crippen molar-refractivity contribution >= 4 is 17.8 Å². The van der Waals surface area contributed by atoms with E-state index in [0.717, 1.165) is 12.1 Å². The third-order valence-electron chi connectivity index (χ3n) is 6.10. The molecule has 0 atom stereocenters. The van der Waals surface area contributed by atoms with Crippen molar-refractivity contribution in [1.82, 2.24) is 20.3 Å². The standard InChI is InChI=1S/C25H24F6N6O2/c1-32-22-34-20(16-6-4-7-18(13-16)39-25(29,30)31)35-23(36-22)37-11-9-15(10-12-37)21(38)33-14-17-5-2-3-8-19(17)24(26,27)28/h2-8,13,15H,9-12,14H2,1H3,(H,33,38)(H,32,34,35,36). The summed E-state index contributed by atoms with van der Waals surface area (Å²) in [6.07, 6.45) is -8.57. The molecule has 1 aliphatic heterocycles. The van der Waals surface area contributed by atoms with Gasteiger partial charge in [0, 0.05) is 38.2 Å². The van der Waals surface area contributed by atoms with Crippen molar-refractivity contribution in [3.8, 4) is 17.1 Å². The molecule has 0 radical (unpaired) electrons. The first-order valence-electron chi connectivity index (χ1n) is 11.9. The van der Waals surface area contributed by atoms with Crippen molar-refractivity contribution < 1.29 is 35.9 Å². The van der Waals surface area contributed by atoms with Gasteiger partial charge in [0.2, 0.25) is 17.8 Å². The van der Waals surface area contributed by atoms with Crippen LogP contribution in [-0.2, 0) is 17.5 Å². The third-order valence-corrected chi connectivity index (χ3v) is 6.10. The van der Waals surface area contributed by atoms with Crippen molar-refractivity contribution in [2.45, 2.75) is 31.9 Å². The highest BCUT2D eigenvalue weighted by molar-refractivity contribution is 5.79. The highest BCUT2D eigenvalue weighted by Crippen LogP contribution is 2.32. The Hall–Kier alpha value is -4.10. The van der Waals surface area contributed by atoms with Crippen LogP contribution in [0.25, 0.3) is 11.4 Å². The molecule has 1 amide bonds. The van der Waals surface area contributed by atoms with Gasteiger partial charge in [0.25, 0.3) is 0 Å². The van der Waals surface area contributed by atoms with Gasteiger partial charge in [-0.1, -0.05) is 30.3 Å².